The molecule has 0 radical (unpaired) electrons. The van der Waals surface area contributed by atoms with Gasteiger partial charge >= 0.3 is 0 Å². The van der Waals surface area contributed by atoms with E-state index in [0.717, 1.165) is 5.56 Å². The lowest BCUT2D eigenvalue weighted by atomic mass is 9.87. The van der Waals surface area contributed by atoms with E-state index in [1.165, 1.54) is 7.11 Å². The van der Waals surface area contributed by atoms with Gasteiger partial charge in [-0.25, -0.2) is 0 Å². The van der Waals surface area contributed by atoms with Crippen molar-refractivity contribution in [3.05, 3.63) is 23.3 Å². The maximum Gasteiger partial charge on any atom is 0.164 e. The molecule has 0 spiro atoms. The Morgan fingerprint density at radius 1 is 1.25 bits per heavy atom. The summed E-state index contributed by atoms with van der Waals surface area (Å²) in [7, 11) is 1.50. The first kappa shape index (κ1) is 12.8. The van der Waals surface area contributed by atoms with Gasteiger partial charge in [0.05, 0.1) is 12.7 Å². The summed E-state index contributed by atoms with van der Waals surface area (Å²) in [6.45, 7) is 7.37. The van der Waals surface area contributed by atoms with Crippen molar-refractivity contribution < 1.29 is 14.9 Å². The lowest BCUT2D eigenvalue weighted by Crippen LogP contribution is -2.19. The Hall–Kier alpha value is -1.22. The molecule has 0 aromatic heterocycles. The number of hydrogen-bond acceptors (Lipinski definition) is 3. The van der Waals surface area contributed by atoms with Crippen LogP contribution in [0.3, 0.4) is 0 Å². The fourth-order valence-electron chi connectivity index (χ4n) is 1.88. The normalized spacial score (nSPS) is 11.9. The predicted molar refractivity (Wildman–Crippen MR) is 64.0 cm³/mol. The highest BCUT2D eigenvalue weighted by molar-refractivity contribution is 5.53. The third kappa shape index (κ3) is 2.30. The lowest BCUT2D eigenvalue weighted by molar-refractivity contribution is 0.0740. The zero-order valence-corrected chi connectivity index (χ0v) is 10.5. The molecule has 2 N–H and O–H groups in total. The van der Waals surface area contributed by atoms with Crippen LogP contribution in [0, 0.1) is 0 Å². The number of ether oxygens (including phenoxy) is 1. The van der Waals surface area contributed by atoms with Crippen LogP contribution in [0.4, 0.5) is 0 Å². The van der Waals surface area contributed by atoms with Crippen LogP contribution >= 0.6 is 0 Å². The van der Waals surface area contributed by atoms with E-state index in [9.17, 15) is 10.2 Å². The molecule has 1 rings (SSSR count). The summed E-state index contributed by atoms with van der Waals surface area (Å²) in [5.74, 6) is 0.654. The van der Waals surface area contributed by atoms with Gasteiger partial charge < -0.3 is 14.9 Å². The van der Waals surface area contributed by atoms with Crippen LogP contribution in [0.15, 0.2) is 12.1 Å². The largest absolute Gasteiger partial charge is 0.504 e. The van der Waals surface area contributed by atoms with Gasteiger partial charge in [0.25, 0.3) is 0 Å². The molecule has 90 valence electrons. The third-order valence-electron chi connectivity index (χ3n) is 2.63. The number of aromatic hydroxyl groups is 1. The van der Waals surface area contributed by atoms with Crippen molar-refractivity contribution in [2.24, 2.45) is 0 Å². The van der Waals surface area contributed by atoms with Crippen molar-refractivity contribution in [1.82, 2.24) is 0 Å². The monoisotopic (exact) mass is 224 g/mol. The molecule has 0 atom stereocenters. The minimum Gasteiger partial charge on any atom is -0.504 e. The summed E-state index contributed by atoms with van der Waals surface area (Å²) in [5, 5.41) is 20.2. The Morgan fingerprint density at radius 2 is 1.81 bits per heavy atom. The van der Waals surface area contributed by atoms with E-state index >= 15 is 0 Å². The SMILES string of the molecule is COc1ccc(C(C)C)c(C(C)(C)O)c1O. The minimum absolute atomic E-state index is 0.0289. The number of methoxy groups -OCH3 is 1. The maximum absolute atomic E-state index is 10.1. The third-order valence-corrected chi connectivity index (χ3v) is 2.63. The second-order valence-electron chi connectivity index (χ2n) is 4.79. The Kier molecular flexibility index (Phi) is 3.48. The molecule has 0 amide bonds. The highest BCUT2D eigenvalue weighted by Gasteiger charge is 2.27. The molecule has 0 saturated carbocycles. The minimum atomic E-state index is -1.09. The molecule has 1 aromatic rings. The molecule has 0 fully saturated rings. The van der Waals surface area contributed by atoms with Crippen molar-refractivity contribution in [1.29, 1.82) is 0 Å². The van der Waals surface area contributed by atoms with Gasteiger partial charge in [-0.15, -0.1) is 0 Å². The molecule has 0 unspecified atom stereocenters. The van der Waals surface area contributed by atoms with Crippen molar-refractivity contribution in [3.63, 3.8) is 0 Å². The van der Waals surface area contributed by atoms with Crippen LogP contribution in [0.25, 0.3) is 0 Å². The molecule has 3 heteroatoms. The van der Waals surface area contributed by atoms with Gasteiger partial charge in [0.2, 0.25) is 0 Å². The van der Waals surface area contributed by atoms with E-state index in [4.69, 9.17) is 4.74 Å². The smallest absolute Gasteiger partial charge is 0.164 e. The zero-order chi connectivity index (χ0) is 12.5. The fraction of sp³-hybridized carbons (Fsp3) is 0.538. The zero-order valence-electron chi connectivity index (χ0n) is 10.5. The average molecular weight is 224 g/mol. The fourth-order valence-corrected chi connectivity index (χ4v) is 1.88. The first-order valence-electron chi connectivity index (χ1n) is 5.41. The molecular weight excluding hydrogens is 204 g/mol. The molecule has 16 heavy (non-hydrogen) atoms. The van der Waals surface area contributed by atoms with E-state index in [1.54, 1.807) is 19.9 Å². The summed E-state index contributed by atoms with van der Waals surface area (Å²) in [6, 6.07) is 3.61. The van der Waals surface area contributed by atoms with Crippen LogP contribution in [-0.4, -0.2) is 17.3 Å². The number of phenols is 1. The molecule has 0 bridgehead atoms. The van der Waals surface area contributed by atoms with Crippen LogP contribution in [0.5, 0.6) is 11.5 Å². The molecule has 0 aliphatic carbocycles. The van der Waals surface area contributed by atoms with E-state index in [2.05, 4.69) is 0 Å². The standard InChI is InChI=1S/C13H20O3/c1-8(2)9-6-7-10(16-5)12(14)11(9)13(3,4)15/h6-8,14-15H,1-5H3. The van der Waals surface area contributed by atoms with Gasteiger partial charge in [-0.05, 0) is 31.4 Å². The number of phenolic OH excluding ortho intramolecular Hbond substituents is 1. The van der Waals surface area contributed by atoms with E-state index < -0.39 is 5.60 Å². The lowest BCUT2D eigenvalue weighted by Gasteiger charge is -2.25. The van der Waals surface area contributed by atoms with Crippen LogP contribution < -0.4 is 4.74 Å². The average Bonchev–Trinajstić information content (AvgIpc) is 2.14. The number of aliphatic hydroxyl groups is 1. The number of rotatable bonds is 3. The van der Waals surface area contributed by atoms with Crippen LogP contribution in [-0.2, 0) is 5.60 Å². The summed E-state index contributed by atoms with van der Waals surface area (Å²) < 4.78 is 5.05. The first-order valence-corrected chi connectivity index (χ1v) is 5.41. The molecule has 0 aliphatic rings. The molecule has 0 heterocycles. The van der Waals surface area contributed by atoms with E-state index in [0.29, 0.717) is 11.3 Å². The number of benzene rings is 1. The summed E-state index contributed by atoms with van der Waals surface area (Å²) in [5.41, 5.74) is 0.394. The van der Waals surface area contributed by atoms with Gasteiger partial charge in [0, 0.05) is 5.56 Å². The van der Waals surface area contributed by atoms with Gasteiger partial charge in [0.1, 0.15) is 0 Å². The van der Waals surface area contributed by atoms with Crippen molar-refractivity contribution in [3.8, 4) is 11.5 Å². The molecular formula is C13H20O3. The quantitative estimate of drug-likeness (QED) is 0.830. The number of hydrogen-bond donors (Lipinski definition) is 2. The summed E-state index contributed by atoms with van der Waals surface area (Å²) in [4.78, 5) is 0. The summed E-state index contributed by atoms with van der Waals surface area (Å²) >= 11 is 0. The van der Waals surface area contributed by atoms with Crippen LogP contribution in [0.2, 0.25) is 0 Å². The molecule has 0 aliphatic heterocycles. The Morgan fingerprint density at radius 3 is 2.19 bits per heavy atom. The summed E-state index contributed by atoms with van der Waals surface area (Å²) in [6.07, 6.45) is 0. The van der Waals surface area contributed by atoms with Gasteiger partial charge in [0.15, 0.2) is 11.5 Å². The van der Waals surface area contributed by atoms with Crippen LogP contribution in [0.1, 0.15) is 44.7 Å². The molecule has 3 nitrogen and oxygen atoms in total. The molecule has 0 saturated heterocycles. The van der Waals surface area contributed by atoms with E-state index in [1.807, 2.05) is 19.9 Å². The van der Waals surface area contributed by atoms with E-state index in [-0.39, 0.29) is 11.7 Å². The second kappa shape index (κ2) is 4.34. The van der Waals surface area contributed by atoms with Gasteiger partial charge in [-0.1, -0.05) is 19.9 Å². The van der Waals surface area contributed by atoms with Crippen molar-refractivity contribution in [2.45, 2.75) is 39.2 Å². The highest BCUT2D eigenvalue weighted by atomic mass is 16.5. The topological polar surface area (TPSA) is 49.7 Å². The van der Waals surface area contributed by atoms with Gasteiger partial charge in [-0.2, -0.15) is 0 Å². The Balaban J connectivity index is 3.50. The molecule has 1 aromatic carbocycles. The van der Waals surface area contributed by atoms with Crippen molar-refractivity contribution >= 4 is 0 Å². The predicted octanol–water partition coefficient (Wildman–Crippen LogP) is 2.75. The highest BCUT2D eigenvalue weighted by Crippen LogP contribution is 2.41. The Bertz CT molecular complexity index is 375. The van der Waals surface area contributed by atoms with Crippen molar-refractivity contribution in [2.75, 3.05) is 7.11 Å². The first-order chi connectivity index (χ1) is 7.29. The Labute approximate surface area is 96.7 Å². The van der Waals surface area contributed by atoms with Gasteiger partial charge in [-0.3, -0.25) is 0 Å². The maximum atomic E-state index is 10.1. The second-order valence-corrected chi connectivity index (χ2v) is 4.79.